The Labute approximate surface area is 406 Å². The van der Waals surface area contributed by atoms with Gasteiger partial charge in [0.1, 0.15) is 11.5 Å². The molecule has 0 unspecified atom stereocenters. The topological polar surface area (TPSA) is 580 Å². The van der Waals surface area contributed by atoms with Crippen LogP contribution in [0.5, 0.6) is 161 Å². The van der Waals surface area contributed by atoms with Crippen LogP contribution in [0.2, 0.25) is 0 Å². The molecule has 0 saturated carbocycles. The molecule has 28 N–H and O–H groups in total. The van der Waals surface area contributed by atoms with Crippen molar-refractivity contribution >= 4 is 65.0 Å². The summed E-state index contributed by atoms with van der Waals surface area (Å²) < 4.78 is 5.56. The molecule has 10 rings (SSSR count). The van der Waals surface area contributed by atoms with Gasteiger partial charge < -0.3 is 147 Å². The van der Waals surface area contributed by atoms with Crippen LogP contribution in [0.3, 0.4) is 0 Å². The van der Waals surface area contributed by atoms with Crippen LogP contribution in [0.4, 0.5) is 0 Å². The third-order valence-corrected chi connectivity index (χ3v) is 12.9. The highest BCUT2D eigenvalue weighted by molar-refractivity contribution is 6.33. The lowest BCUT2D eigenvalue weighted by Gasteiger charge is -2.25. The van der Waals surface area contributed by atoms with E-state index < -0.39 is 259 Å². The van der Waals surface area contributed by atoms with E-state index >= 15 is 0 Å². The molecule has 0 saturated heterocycles. The second-order valence-corrected chi connectivity index (χ2v) is 16.5. The van der Waals surface area contributed by atoms with Crippen molar-refractivity contribution in [2.75, 3.05) is 0 Å². The molecule has 0 spiro atoms. The smallest absolute Gasteiger partial charge is 0.205 e. The third kappa shape index (κ3) is 5.20. The minimum atomic E-state index is -1.91. The summed E-state index contributed by atoms with van der Waals surface area (Å²) in [4.78, 5) is 0. The molecule has 0 aliphatic carbocycles. The lowest BCUT2D eigenvalue weighted by atomic mass is 9.81. The van der Waals surface area contributed by atoms with E-state index in [4.69, 9.17) is 4.42 Å². The van der Waals surface area contributed by atoms with Crippen LogP contribution in [0.1, 0.15) is 0 Å². The maximum Gasteiger partial charge on any atom is 0.205 e. The Bertz CT molecular complexity index is 4350. The van der Waals surface area contributed by atoms with Gasteiger partial charge in [-0.05, 0) is 0 Å². The highest BCUT2D eigenvalue weighted by atomic mass is 16.4. The number of furan rings is 1. The molecular weight excluding hydrogens is 1020 g/mol. The molecule has 386 valence electrons. The fourth-order valence-corrected chi connectivity index (χ4v) is 9.49. The van der Waals surface area contributed by atoms with Gasteiger partial charge in [0.15, 0.2) is 97.4 Å². The van der Waals surface area contributed by atoms with Crippen molar-refractivity contribution in [3.63, 3.8) is 0 Å². The molecule has 0 atom stereocenters. The summed E-state index contributed by atoms with van der Waals surface area (Å²) in [6, 6.07) is 0. The van der Waals surface area contributed by atoms with Crippen LogP contribution >= 0.6 is 0 Å². The van der Waals surface area contributed by atoms with E-state index in [2.05, 4.69) is 0 Å². The summed E-state index contributed by atoms with van der Waals surface area (Å²) in [6.07, 6.45) is 0. The van der Waals surface area contributed by atoms with Gasteiger partial charge in [-0.25, -0.2) is 0 Å². The monoisotopic (exact) mass is 1040 g/mol. The van der Waals surface area contributed by atoms with Crippen LogP contribution in [0.15, 0.2) is 4.42 Å². The molecule has 29 nitrogen and oxygen atoms in total. The van der Waals surface area contributed by atoms with Gasteiger partial charge in [-0.15, -0.1) is 0 Å². The molecule has 0 fully saturated rings. The minimum Gasteiger partial charge on any atom is -0.506 e. The Hall–Kier alpha value is -11.8. The first-order valence-electron chi connectivity index (χ1n) is 20.2. The van der Waals surface area contributed by atoms with E-state index in [-0.39, 0.29) is 0 Å². The van der Waals surface area contributed by atoms with Gasteiger partial charge in [-0.2, -0.15) is 0 Å². The van der Waals surface area contributed by atoms with Crippen LogP contribution < -0.4 is 0 Å². The summed E-state index contributed by atoms with van der Waals surface area (Å²) in [6.45, 7) is 0. The van der Waals surface area contributed by atoms with Crippen LogP contribution in [-0.2, 0) is 0 Å². The summed E-state index contributed by atoms with van der Waals surface area (Å²) in [5.74, 6) is -47.4. The standard InChI is InChI=1S/C46H28O29/c47-17-9(26(56)35(65)27(57)11(17)7-8-12(28(58)34(64)23(7)53)29(59)41(71)40(70)24(8)54)1-3-5(21(51)38(68)36(66)19(3)49)2(6-4(1)20(50)37(67)39(69)22(6)52)10-18(48)15-16-32(62)25(55)13-14(33(63)43(73)42(72)30(13)60)45(16)75-46(15)44(74)31(10)61/h47-74H. The molecule has 0 aliphatic heterocycles. The van der Waals surface area contributed by atoms with E-state index in [0.29, 0.717) is 0 Å². The number of rotatable bonds is 3. The lowest BCUT2D eigenvalue weighted by molar-refractivity contribution is 0.346. The van der Waals surface area contributed by atoms with Crippen molar-refractivity contribution in [2.45, 2.75) is 0 Å². The quantitative estimate of drug-likeness (QED) is 0.0631. The van der Waals surface area contributed by atoms with Gasteiger partial charge in [-0.3, -0.25) is 0 Å². The fourth-order valence-electron chi connectivity index (χ4n) is 9.49. The van der Waals surface area contributed by atoms with Crippen molar-refractivity contribution in [1.82, 2.24) is 0 Å². The maximum atomic E-state index is 12.3. The predicted octanol–water partition coefficient (Wildman–Crippen LogP) is 4.96. The summed E-state index contributed by atoms with van der Waals surface area (Å²) in [5.41, 5.74) is -11.4. The number of hydrogen-bond donors (Lipinski definition) is 28. The second-order valence-electron chi connectivity index (χ2n) is 16.5. The number of fused-ring (bicyclic) bond motifs is 8. The number of benzene rings is 9. The SMILES string of the molecule is Oc1c(O)c(-c2c(O)c(O)c(O)c3c(O)c(O)c(O)c(O)c23)c(O)c(-c2c3c(O)c(O)c(O)c(O)c3c(-c3c(O)c(O)c4oc5c6c(O)c(O)c(O)c(O)c6c(O)c(O)c5c4c3O)c3c(O)c(O)c(O)c(O)c23)c1O. The number of phenols is 28. The van der Waals surface area contributed by atoms with Crippen molar-refractivity contribution in [3.8, 4) is 194 Å². The molecule has 29 heteroatoms. The van der Waals surface area contributed by atoms with Crippen LogP contribution in [0, 0.1) is 0 Å². The first kappa shape index (κ1) is 46.9. The van der Waals surface area contributed by atoms with Gasteiger partial charge >= 0.3 is 0 Å². The maximum absolute atomic E-state index is 12.3. The van der Waals surface area contributed by atoms with Gasteiger partial charge in [0.25, 0.3) is 0 Å². The summed E-state index contributed by atoms with van der Waals surface area (Å²) in [7, 11) is 0. The fraction of sp³-hybridized carbons (Fsp3) is 0. The molecule has 9 aromatic carbocycles. The average molecular weight is 1040 g/mol. The lowest BCUT2D eigenvalue weighted by Crippen LogP contribution is -1.97. The minimum absolute atomic E-state index is 0.989. The molecule has 75 heavy (non-hydrogen) atoms. The normalized spacial score (nSPS) is 11.9. The highest BCUT2D eigenvalue weighted by Crippen LogP contribution is 2.70. The van der Waals surface area contributed by atoms with Crippen molar-refractivity contribution in [2.24, 2.45) is 0 Å². The largest absolute Gasteiger partial charge is 0.506 e. The Balaban J connectivity index is 1.49. The average Bonchev–Trinajstić information content (AvgIpc) is 3.79. The first-order chi connectivity index (χ1) is 35.0. The highest BCUT2D eigenvalue weighted by Gasteiger charge is 2.41. The molecule has 1 heterocycles. The molecule has 10 aromatic rings. The third-order valence-electron chi connectivity index (χ3n) is 12.9. The van der Waals surface area contributed by atoms with E-state index in [1.807, 2.05) is 0 Å². The Morgan fingerprint density at radius 2 is 0.320 bits per heavy atom. The number of hydrogen-bond acceptors (Lipinski definition) is 29. The van der Waals surface area contributed by atoms with Crippen molar-refractivity contribution < 1.29 is 147 Å². The zero-order valence-electron chi connectivity index (χ0n) is 35.9. The van der Waals surface area contributed by atoms with Crippen molar-refractivity contribution in [3.05, 3.63) is 0 Å². The zero-order valence-corrected chi connectivity index (χ0v) is 35.9. The Morgan fingerprint density at radius 3 is 0.707 bits per heavy atom. The van der Waals surface area contributed by atoms with Gasteiger partial charge in [0.2, 0.25) is 63.2 Å². The van der Waals surface area contributed by atoms with E-state index in [0.717, 1.165) is 0 Å². The van der Waals surface area contributed by atoms with Crippen molar-refractivity contribution in [1.29, 1.82) is 0 Å². The van der Waals surface area contributed by atoms with Crippen LogP contribution in [-0.4, -0.2) is 143 Å². The Morgan fingerprint density at radius 1 is 0.120 bits per heavy atom. The predicted molar refractivity (Wildman–Crippen MR) is 247 cm³/mol. The first-order valence-corrected chi connectivity index (χ1v) is 20.2. The van der Waals surface area contributed by atoms with Gasteiger partial charge in [0, 0.05) is 43.6 Å². The molecule has 0 aliphatic rings. The van der Waals surface area contributed by atoms with E-state index in [9.17, 15) is 143 Å². The van der Waals surface area contributed by atoms with E-state index in [1.165, 1.54) is 0 Å². The Kier molecular flexibility index (Phi) is 9.01. The van der Waals surface area contributed by atoms with Gasteiger partial charge in [-0.1, -0.05) is 0 Å². The molecular formula is C46H28O29. The molecule has 1 aromatic heterocycles. The second kappa shape index (κ2) is 14.4. The van der Waals surface area contributed by atoms with Crippen LogP contribution in [0.25, 0.3) is 98.4 Å². The van der Waals surface area contributed by atoms with Gasteiger partial charge in [0.05, 0.1) is 43.6 Å². The molecule has 0 amide bonds. The summed E-state index contributed by atoms with van der Waals surface area (Å²) >= 11 is 0. The zero-order chi connectivity index (χ0) is 55.3. The molecule has 0 radical (unpaired) electrons. The number of phenolic OH excluding ortho intramolecular Hbond substituents is 28. The summed E-state index contributed by atoms with van der Waals surface area (Å²) in [5, 5.41) is 301. The molecule has 0 bridgehead atoms. The number of aromatic hydroxyl groups is 28. The van der Waals surface area contributed by atoms with E-state index in [1.54, 1.807) is 0 Å².